The Kier molecular flexibility index (Phi) is 7.48. The van der Waals surface area contributed by atoms with Crippen molar-refractivity contribution in [2.75, 3.05) is 10.3 Å². The Labute approximate surface area is 203 Å². The number of hydrazine groups is 1. The second-order valence-electron chi connectivity index (χ2n) is 6.88. The molecule has 2 amide bonds. The summed E-state index contributed by atoms with van der Waals surface area (Å²) in [5, 5.41) is 2.82. The Balaban J connectivity index is 2.06. The van der Waals surface area contributed by atoms with Crippen LogP contribution in [0.1, 0.15) is 11.1 Å². The van der Waals surface area contributed by atoms with Crippen molar-refractivity contribution in [2.24, 2.45) is 0 Å². The summed E-state index contributed by atoms with van der Waals surface area (Å²) < 4.78 is 106. The van der Waals surface area contributed by atoms with Crippen molar-refractivity contribution in [1.29, 1.82) is 0 Å². The molecule has 0 aliphatic carbocycles. The lowest BCUT2D eigenvalue weighted by molar-refractivity contribution is -0.144. The zero-order chi connectivity index (χ0) is 26.0. The number of halogens is 7. The third kappa shape index (κ3) is 6.32. The summed E-state index contributed by atoms with van der Waals surface area (Å²) in [4.78, 5) is 13.2. The maximum atomic E-state index is 13.5. The molecular formula is C21H14BrF6N3O3S. The molecule has 3 aromatic rings. The average Bonchev–Trinajstić information content (AvgIpc) is 2.78. The van der Waals surface area contributed by atoms with E-state index in [1.807, 2.05) is 0 Å². The summed E-state index contributed by atoms with van der Waals surface area (Å²) >= 11 is 3.19. The molecule has 3 rings (SSSR count). The van der Waals surface area contributed by atoms with E-state index in [4.69, 9.17) is 0 Å². The Morgan fingerprint density at radius 2 is 1.43 bits per heavy atom. The van der Waals surface area contributed by atoms with E-state index in [1.54, 1.807) is 29.1 Å². The van der Waals surface area contributed by atoms with Gasteiger partial charge in [-0.3, -0.25) is 0 Å². The molecule has 0 spiro atoms. The van der Waals surface area contributed by atoms with Crippen LogP contribution in [-0.2, 0) is 22.4 Å². The minimum atomic E-state index is -5.44. The first kappa shape index (κ1) is 26.5. The second-order valence-corrected chi connectivity index (χ2v) is 9.37. The average molecular weight is 582 g/mol. The molecule has 14 heteroatoms. The van der Waals surface area contributed by atoms with E-state index in [9.17, 15) is 39.6 Å². The van der Waals surface area contributed by atoms with Gasteiger partial charge < -0.3 is 5.32 Å². The number of benzene rings is 3. The van der Waals surface area contributed by atoms with Gasteiger partial charge in [0.25, 0.3) is 10.0 Å². The Morgan fingerprint density at radius 3 is 2.00 bits per heavy atom. The highest BCUT2D eigenvalue weighted by Gasteiger charge is 2.41. The number of amides is 2. The molecule has 0 aliphatic heterocycles. The molecule has 0 saturated heterocycles. The number of urea groups is 1. The summed E-state index contributed by atoms with van der Waals surface area (Å²) in [6.07, 6.45) is -10.6. The summed E-state index contributed by atoms with van der Waals surface area (Å²) in [7, 11) is -5.22. The fourth-order valence-electron chi connectivity index (χ4n) is 2.85. The molecule has 2 N–H and O–H groups in total. The lowest BCUT2D eigenvalue weighted by atomic mass is 10.1. The highest BCUT2D eigenvalue weighted by molar-refractivity contribution is 9.10. The number of carbonyl (C=O) groups excluding carboxylic acids is 1. The van der Waals surface area contributed by atoms with E-state index >= 15 is 0 Å². The molecule has 0 radical (unpaired) electrons. The molecule has 3 aromatic carbocycles. The molecule has 35 heavy (non-hydrogen) atoms. The zero-order valence-corrected chi connectivity index (χ0v) is 19.6. The standard InChI is InChI=1S/C21H14BrF6N3O3S/c22-16-8-4-5-9-17(16)29-19(32)31(14-6-2-1-3-7-14)30-35(33,34)18-11-10-13(20(23,24)25)12-15(18)21(26,27)28/h1-12,30H,(H,29,32). The van der Waals surface area contributed by atoms with Crippen LogP contribution in [0.15, 0.2) is 82.2 Å². The normalized spacial score (nSPS) is 12.3. The van der Waals surface area contributed by atoms with Gasteiger partial charge in [-0.15, -0.1) is 4.83 Å². The van der Waals surface area contributed by atoms with Gasteiger partial charge in [-0.2, -0.15) is 26.3 Å². The Hall–Kier alpha value is -3.10. The topological polar surface area (TPSA) is 78.5 Å². The minimum absolute atomic E-state index is 0.0823. The van der Waals surface area contributed by atoms with Crippen LogP contribution >= 0.6 is 15.9 Å². The van der Waals surface area contributed by atoms with Crippen LogP contribution in [-0.4, -0.2) is 14.4 Å². The first-order valence-electron chi connectivity index (χ1n) is 9.42. The van der Waals surface area contributed by atoms with Gasteiger partial charge in [0.05, 0.1) is 27.4 Å². The van der Waals surface area contributed by atoms with Crippen molar-refractivity contribution in [3.8, 4) is 0 Å². The van der Waals surface area contributed by atoms with Crippen LogP contribution < -0.4 is 15.2 Å². The molecule has 0 aliphatic rings. The Morgan fingerprint density at radius 1 is 0.829 bits per heavy atom. The van der Waals surface area contributed by atoms with Gasteiger partial charge in [-0.25, -0.2) is 18.2 Å². The molecular weight excluding hydrogens is 568 g/mol. The molecule has 6 nitrogen and oxygen atoms in total. The number of alkyl halides is 6. The van der Waals surface area contributed by atoms with Crippen molar-refractivity contribution in [2.45, 2.75) is 17.2 Å². The SMILES string of the molecule is O=C(Nc1ccccc1Br)N(NS(=O)(=O)c1ccc(C(F)(F)F)cc1C(F)(F)F)c1ccccc1. The highest BCUT2D eigenvalue weighted by atomic mass is 79.9. The van der Waals surface area contributed by atoms with Crippen LogP contribution in [0.3, 0.4) is 0 Å². The van der Waals surface area contributed by atoms with Gasteiger partial charge in [0.2, 0.25) is 0 Å². The summed E-state index contributed by atoms with van der Waals surface area (Å²) in [5.41, 5.74) is -3.60. The summed E-state index contributed by atoms with van der Waals surface area (Å²) in [6.45, 7) is 0. The van der Waals surface area contributed by atoms with E-state index in [-0.39, 0.29) is 29.6 Å². The predicted molar refractivity (Wildman–Crippen MR) is 119 cm³/mol. The predicted octanol–water partition coefficient (Wildman–Crippen LogP) is 6.42. The van der Waals surface area contributed by atoms with E-state index in [2.05, 4.69) is 21.2 Å². The molecule has 0 bridgehead atoms. The number of sulfonamides is 1. The maximum Gasteiger partial charge on any atom is 0.417 e. The van der Waals surface area contributed by atoms with Gasteiger partial charge in [-0.1, -0.05) is 30.3 Å². The molecule has 0 atom stereocenters. The monoisotopic (exact) mass is 581 g/mol. The molecule has 0 aromatic heterocycles. The number of carbonyl (C=O) groups is 1. The second kappa shape index (κ2) is 9.87. The summed E-state index contributed by atoms with van der Waals surface area (Å²) in [5.74, 6) is 0. The van der Waals surface area contributed by atoms with Crippen LogP contribution in [0.5, 0.6) is 0 Å². The van der Waals surface area contributed by atoms with Crippen LogP contribution in [0, 0.1) is 0 Å². The highest BCUT2D eigenvalue weighted by Crippen LogP contribution is 2.39. The number of nitrogens with zero attached hydrogens (tertiary/aromatic N) is 1. The third-order valence-corrected chi connectivity index (χ3v) is 6.50. The van der Waals surface area contributed by atoms with Gasteiger partial charge in [-0.05, 0) is 58.4 Å². The molecule has 0 saturated carbocycles. The number of hydrogen-bond acceptors (Lipinski definition) is 3. The molecule has 0 fully saturated rings. The fraction of sp³-hybridized carbons (Fsp3) is 0.0952. The number of nitrogens with one attached hydrogen (secondary N) is 2. The van der Waals surface area contributed by atoms with Gasteiger partial charge >= 0.3 is 18.4 Å². The van der Waals surface area contributed by atoms with Gasteiger partial charge in [0, 0.05) is 4.47 Å². The van der Waals surface area contributed by atoms with E-state index in [0.717, 1.165) is 0 Å². The number of hydrogen-bond donors (Lipinski definition) is 2. The van der Waals surface area contributed by atoms with Crippen molar-refractivity contribution in [1.82, 2.24) is 4.83 Å². The van der Waals surface area contributed by atoms with Gasteiger partial charge in [0.1, 0.15) is 0 Å². The van der Waals surface area contributed by atoms with Gasteiger partial charge in [0.15, 0.2) is 0 Å². The van der Waals surface area contributed by atoms with Crippen molar-refractivity contribution >= 4 is 43.4 Å². The van der Waals surface area contributed by atoms with Crippen molar-refractivity contribution in [3.05, 3.63) is 88.4 Å². The third-order valence-electron chi connectivity index (χ3n) is 4.45. The lowest BCUT2D eigenvalue weighted by Crippen LogP contribution is -2.48. The van der Waals surface area contributed by atoms with Crippen molar-refractivity contribution < 1.29 is 39.6 Å². The quantitative estimate of drug-likeness (QED) is 0.269. The van der Waals surface area contributed by atoms with E-state index in [0.29, 0.717) is 9.48 Å². The molecule has 0 unspecified atom stereocenters. The van der Waals surface area contributed by atoms with Crippen LogP contribution in [0.2, 0.25) is 0 Å². The van der Waals surface area contributed by atoms with E-state index < -0.39 is 44.4 Å². The van der Waals surface area contributed by atoms with Crippen molar-refractivity contribution in [3.63, 3.8) is 0 Å². The first-order chi connectivity index (χ1) is 16.2. The molecule has 186 valence electrons. The molecule has 0 heterocycles. The fourth-order valence-corrected chi connectivity index (χ4v) is 4.48. The van der Waals surface area contributed by atoms with E-state index in [1.165, 1.54) is 30.3 Å². The van der Waals surface area contributed by atoms with Crippen LogP contribution in [0.25, 0.3) is 0 Å². The number of rotatable bonds is 5. The largest absolute Gasteiger partial charge is 0.417 e. The first-order valence-corrected chi connectivity index (χ1v) is 11.7. The summed E-state index contributed by atoms with van der Waals surface area (Å²) in [6, 6.07) is 12.2. The minimum Gasteiger partial charge on any atom is -0.305 e. The zero-order valence-electron chi connectivity index (χ0n) is 17.2. The smallest absolute Gasteiger partial charge is 0.305 e. The number of para-hydroxylation sites is 2. The maximum absolute atomic E-state index is 13.5. The van der Waals surface area contributed by atoms with Crippen LogP contribution in [0.4, 0.5) is 42.5 Å². The number of anilines is 2. The Bertz CT molecular complexity index is 1330. The lowest BCUT2D eigenvalue weighted by Gasteiger charge is -2.25.